The fourth-order valence-electron chi connectivity index (χ4n) is 0.948. The van der Waals surface area contributed by atoms with Crippen LogP contribution in [-0.4, -0.2) is 13.2 Å². The molecule has 0 atom stereocenters. The molecule has 0 aliphatic carbocycles. The van der Waals surface area contributed by atoms with Gasteiger partial charge in [-0.25, -0.2) is 5.30 Å². The van der Waals surface area contributed by atoms with Crippen LogP contribution < -0.4 is 24.2 Å². The van der Waals surface area contributed by atoms with Crippen LogP contribution in [0.3, 0.4) is 0 Å². The van der Waals surface area contributed by atoms with Crippen LogP contribution in [0.1, 0.15) is 12.8 Å². The molecular formula is C10H14LiOP. The average Bonchev–Trinajstić information content (AvgIpc) is 2.62. The van der Waals surface area contributed by atoms with E-state index in [0.717, 1.165) is 18.5 Å². The fraction of sp³-hybridized carbons (Fsp3) is 0.400. The Hall–Kier alpha value is 0.207. The summed E-state index contributed by atoms with van der Waals surface area (Å²) < 4.78 is 4.94. The summed E-state index contributed by atoms with van der Waals surface area (Å²) in [6, 6.07) is 9.96. The van der Waals surface area contributed by atoms with Gasteiger partial charge in [0.25, 0.3) is 0 Å². The zero-order valence-corrected chi connectivity index (χ0v) is 9.12. The second kappa shape index (κ2) is 8.79. The molecule has 0 amide bonds. The van der Waals surface area contributed by atoms with Gasteiger partial charge >= 0.3 is 18.9 Å². The van der Waals surface area contributed by atoms with Gasteiger partial charge in [0.2, 0.25) is 0 Å². The van der Waals surface area contributed by atoms with E-state index in [4.69, 9.17) is 4.74 Å². The number of rotatable bonds is 0. The second-order valence-electron chi connectivity index (χ2n) is 2.69. The molecule has 2 rings (SSSR count). The van der Waals surface area contributed by atoms with E-state index in [0.29, 0.717) is 0 Å². The number of hydrogen-bond acceptors (Lipinski definition) is 1. The van der Waals surface area contributed by atoms with E-state index >= 15 is 0 Å². The molecule has 66 valence electrons. The van der Waals surface area contributed by atoms with Crippen molar-refractivity contribution in [2.75, 3.05) is 13.2 Å². The Morgan fingerprint density at radius 2 is 1.54 bits per heavy atom. The summed E-state index contributed by atoms with van der Waals surface area (Å²) in [5.74, 6) is 0. The summed E-state index contributed by atoms with van der Waals surface area (Å²) in [5, 5.41) is 1.13. The van der Waals surface area contributed by atoms with Crippen LogP contribution in [0.2, 0.25) is 0 Å². The van der Waals surface area contributed by atoms with Crippen molar-refractivity contribution in [2.24, 2.45) is 0 Å². The molecule has 1 aromatic carbocycles. The normalized spacial score (nSPS) is 13.9. The van der Waals surface area contributed by atoms with Crippen molar-refractivity contribution >= 4 is 14.5 Å². The van der Waals surface area contributed by atoms with Crippen molar-refractivity contribution in [2.45, 2.75) is 12.8 Å². The van der Waals surface area contributed by atoms with Crippen molar-refractivity contribution in [1.29, 1.82) is 0 Å². The molecule has 0 aromatic heterocycles. The molecule has 3 heteroatoms. The third kappa shape index (κ3) is 7.29. The van der Waals surface area contributed by atoms with Gasteiger partial charge in [-0.1, -0.05) is 30.3 Å². The zero-order valence-electron chi connectivity index (χ0n) is 8.12. The van der Waals surface area contributed by atoms with Crippen molar-refractivity contribution in [1.82, 2.24) is 0 Å². The first-order valence-corrected chi connectivity index (χ1v) is 4.74. The largest absolute Gasteiger partial charge is 1.00 e. The molecule has 0 unspecified atom stereocenters. The van der Waals surface area contributed by atoms with Gasteiger partial charge in [-0.2, -0.15) is 0 Å². The molecule has 1 heterocycles. The molecule has 0 spiro atoms. The van der Waals surface area contributed by atoms with E-state index in [2.05, 4.69) is 9.24 Å². The SMILES string of the molecule is C1CCOC1.[Li+].[PH-]c1ccccc1. The van der Waals surface area contributed by atoms with Crippen molar-refractivity contribution in [3.8, 4) is 0 Å². The summed E-state index contributed by atoms with van der Waals surface area (Å²) >= 11 is 0. The standard InChI is InChI=1S/C6H6P.C4H8O.Li/c7-6-4-2-1-3-5-6;1-2-4-5-3-1;/h1-5,7H;1-4H2;/q-1;;+1. The van der Waals surface area contributed by atoms with Gasteiger partial charge in [-0.05, 0) is 12.8 Å². The minimum absolute atomic E-state index is 0. The van der Waals surface area contributed by atoms with Gasteiger partial charge < -0.3 is 14.0 Å². The Morgan fingerprint density at radius 1 is 1.00 bits per heavy atom. The molecule has 1 nitrogen and oxygen atoms in total. The van der Waals surface area contributed by atoms with Crippen LogP contribution in [0.4, 0.5) is 0 Å². The predicted octanol–water partition coefficient (Wildman–Crippen LogP) is -0.744. The first kappa shape index (κ1) is 13.2. The first-order chi connectivity index (χ1) is 5.89. The molecule has 1 saturated heterocycles. The topological polar surface area (TPSA) is 9.23 Å². The number of ether oxygens (including phenoxy) is 1. The Morgan fingerprint density at radius 3 is 1.77 bits per heavy atom. The van der Waals surface area contributed by atoms with Crippen LogP contribution in [0.15, 0.2) is 30.3 Å². The van der Waals surface area contributed by atoms with E-state index in [1.807, 2.05) is 30.3 Å². The molecule has 1 fully saturated rings. The first-order valence-electron chi connectivity index (χ1n) is 4.24. The van der Waals surface area contributed by atoms with Crippen molar-refractivity contribution in [3.05, 3.63) is 30.3 Å². The van der Waals surface area contributed by atoms with E-state index in [1.54, 1.807) is 0 Å². The minimum atomic E-state index is 0. The molecule has 0 N–H and O–H groups in total. The van der Waals surface area contributed by atoms with Crippen LogP contribution >= 0.6 is 9.24 Å². The van der Waals surface area contributed by atoms with Crippen LogP contribution in [-0.2, 0) is 4.74 Å². The summed E-state index contributed by atoms with van der Waals surface area (Å²) in [6.45, 7) is 2.00. The molecular weight excluding hydrogens is 174 g/mol. The molecule has 0 saturated carbocycles. The zero-order chi connectivity index (χ0) is 8.65. The van der Waals surface area contributed by atoms with Crippen molar-refractivity contribution in [3.63, 3.8) is 0 Å². The minimum Gasteiger partial charge on any atom is -0.525 e. The number of benzene rings is 1. The third-order valence-electron chi connectivity index (χ3n) is 1.60. The Balaban J connectivity index is 0.000000215. The van der Waals surface area contributed by atoms with Gasteiger partial charge in [-0.3, -0.25) is 0 Å². The van der Waals surface area contributed by atoms with Gasteiger partial charge in [0, 0.05) is 13.2 Å². The van der Waals surface area contributed by atoms with Gasteiger partial charge in [0.15, 0.2) is 0 Å². The van der Waals surface area contributed by atoms with Crippen molar-refractivity contribution < 1.29 is 23.6 Å². The van der Waals surface area contributed by atoms with E-state index in [-0.39, 0.29) is 18.9 Å². The van der Waals surface area contributed by atoms with E-state index in [9.17, 15) is 0 Å². The average molecular weight is 188 g/mol. The Labute approximate surface area is 94.6 Å². The molecule has 1 aromatic rings. The van der Waals surface area contributed by atoms with Gasteiger partial charge in [0.1, 0.15) is 0 Å². The molecule has 13 heavy (non-hydrogen) atoms. The predicted molar refractivity (Wildman–Crippen MR) is 54.4 cm³/mol. The summed E-state index contributed by atoms with van der Waals surface area (Å²) in [5.41, 5.74) is 0. The molecule has 0 radical (unpaired) electrons. The Bertz CT molecular complexity index is 192. The monoisotopic (exact) mass is 188 g/mol. The second-order valence-corrected chi connectivity index (χ2v) is 3.26. The van der Waals surface area contributed by atoms with Crippen LogP contribution in [0, 0.1) is 0 Å². The van der Waals surface area contributed by atoms with Crippen LogP contribution in [0.25, 0.3) is 0 Å². The van der Waals surface area contributed by atoms with Gasteiger partial charge in [0.05, 0.1) is 0 Å². The number of hydrogen-bond donors (Lipinski definition) is 0. The quantitative estimate of drug-likeness (QED) is 0.385. The third-order valence-corrected chi connectivity index (χ3v) is 1.93. The smallest absolute Gasteiger partial charge is 0.525 e. The van der Waals surface area contributed by atoms with E-state index in [1.165, 1.54) is 12.8 Å². The molecule has 1 aliphatic heterocycles. The Kier molecular flexibility index (Phi) is 8.93. The maximum Gasteiger partial charge on any atom is 1.00 e. The molecule has 1 aliphatic rings. The fourth-order valence-corrected chi connectivity index (χ4v) is 1.14. The summed E-state index contributed by atoms with van der Waals surface area (Å²) in [4.78, 5) is 0. The summed E-state index contributed by atoms with van der Waals surface area (Å²) in [6.07, 6.45) is 2.56. The summed E-state index contributed by atoms with van der Waals surface area (Å²) in [7, 11) is 3.36. The maximum absolute atomic E-state index is 4.94. The maximum atomic E-state index is 4.94. The van der Waals surface area contributed by atoms with E-state index < -0.39 is 0 Å². The van der Waals surface area contributed by atoms with Crippen LogP contribution in [0.5, 0.6) is 0 Å². The molecule has 0 bridgehead atoms. The van der Waals surface area contributed by atoms with Gasteiger partial charge in [-0.15, -0.1) is 0 Å².